The van der Waals surface area contributed by atoms with Crippen molar-refractivity contribution < 1.29 is 18.4 Å². The second-order valence-corrected chi connectivity index (χ2v) is 5.83. The largest absolute Gasteiger partial charge is 0.469 e. The van der Waals surface area contributed by atoms with Crippen LogP contribution in [-0.2, 0) is 17.8 Å². The maximum Gasteiger partial charge on any atom is 0.321 e. The minimum Gasteiger partial charge on any atom is -0.469 e. The van der Waals surface area contributed by atoms with Gasteiger partial charge in [0.05, 0.1) is 18.5 Å². The number of urea groups is 1. The Morgan fingerprint density at radius 2 is 2.21 bits per heavy atom. The van der Waals surface area contributed by atoms with Crippen molar-refractivity contribution >= 4 is 23.3 Å². The molecular weight excluding hydrogens is 313 g/mol. The number of anilines is 2. The standard InChI is InChI=1S/C17H18FN3O3/c1-10-12(5-6-24-10)9-21(2)17(23)20-15-7-11-3-4-16(22)19-14(11)8-13(15)18/h5-8H,3-4,9H2,1-2H3,(H,19,22)(H,20,23). The van der Waals surface area contributed by atoms with Crippen LogP contribution < -0.4 is 10.6 Å². The summed E-state index contributed by atoms with van der Waals surface area (Å²) in [6.45, 7) is 2.18. The van der Waals surface area contributed by atoms with E-state index in [9.17, 15) is 14.0 Å². The van der Waals surface area contributed by atoms with Crippen LogP contribution in [0.1, 0.15) is 23.3 Å². The summed E-state index contributed by atoms with van der Waals surface area (Å²) in [5.74, 6) is 0.0245. The highest BCUT2D eigenvalue weighted by Crippen LogP contribution is 2.28. The van der Waals surface area contributed by atoms with Crippen LogP contribution in [0.3, 0.4) is 0 Å². The topological polar surface area (TPSA) is 74.6 Å². The number of amides is 3. The predicted octanol–water partition coefficient (Wildman–Crippen LogP) is 3.28. The summed E-state index contributed by atoms with van der Waals surface area (Å²) in [5, 5.41) is 5.20. The van der Waals surface area contributed by atoms with Crippen molar-refractivity contribution in [3.8, 4) is 0 Å². The summed E-state index contributed by atoms with van der Waals surface area (Å²) in [4.78, 5) is 25.1. The first-order chi connectivity index (χ1) is 11.4. The molecule has 7 heteroatoms. The van der Waals surface area contributed by atoms with E-state index in [2.05, 4.69) is 10.6 Å². The number of hydrogen-bond donors (Lipinski definition) is 2. The van der Waals surface area contributed by atoms with Crippen molar-refractivity contribution in [1.29, 1.82) is 0 Å². The van der Waals surface area contributed by atoms with Gasteiger partial charge in [-0.2, -0.15) is 0 Å². The van der Waals surface area contributed by atoms with Crippen LogP contribution >= 0.6 is 0 Å². The molecular formula is C17H18FN3O3. The van der Waals surface area contributed by atoms with Gasteiger partial charge in [-0.15, -0.1) is 0 Å². The number of fused-ring (bicyclic) bond motifs is 1. The number of hydrogen-bond acceptors (Lipinski definition) is 3. The minimum atomic E-state index is -0.586. The first-order valence-electron chi connectivity index (χ1n) is 7.61. The maximum atomic E-state index is 14.2. The molecule has 1 aromatic carbocycles. The van der Waals surface area contributed by atoms with E-state index in [0.717, 1.165) is 16.9 Å². The molecule has 0 bridgehead atoms. The zero-order valence-electron chi connectivity index (χ0n) is 13.5. The van der Waals surface area contributed by atoms with E-state index in [4.69, 9.17) is 4.42 Å². The van der Waals surface area contributed by atoms with Gasteiger partial charge in [-0.25, -0.2) is 9.18 Å². The number of furan rings is 1. The fraction of sp³-hybridized carbons (Fsp3) is 0.294. The first-order valence-corrected chi connectivity index (χ1v) is 7.61. The molecule has 6 nitrogen and oxygen atoms in total. The third kappa shape index (κ3) is 3.24. The lowest BCUT2D eigenvalue weighted by Gasteiger charge is -2.21. The Morgan fingerprint density at radius 1 is 1.42 bits per heavy atom. The van der Waals surface area contributed by atoms with E-state index in [0.29, 0.717) is 25.1 Å². The average molecular weight is 331 g/mol. The Kier molecular flexibility index (Phi) is 4.24. The Labute approximate surface area is 138 Å². The Hall–Kier alpha value is -2.83. The quantitative estimate of drug-likeness (QED) is 0.906. The lowest BCUT2D eigenvalue weighted by atomic mass is 10.0. The van der Waals surface area contributed by atoms with Gasteiger partial charge in [-0.3, -0.25) is 4.79 Å². The molecule has 0 atom stereocenters. The second kappa shape index (κ2) is 6.35. The average Bonchev–Trinajstić information content (AvgIpc) is 2.93. The van der Waals surface area contributed by atoms with Crippen molar-refractivity contribution in [3.05, 3.63) is 47.2 Å². The second-order valence-electron chi connectivity index (χ2n) is 5.83. The fourth-order valence-corrected chi connectivity index (χ4v) is 2.61. The molecule has 3 rings (SSSR count). The van der Waals surface area contributed by atoms with Gasteiger partial charge in [0.1, 0.15) is 11.6 Å². The molecule has 126 valence electrons. The van der Waals surface area contributed by atoms with Crippen molar-refractivity contribution in [3.63, 3.8) is 0 Å². The van der Waals surface area contributed by atoms with E-state index in [-0.39, 0.29) is 11.6 Å². The van der Waals surface area contributed by atoms with Gasteiger partial charge in [0.15, 0.2) is 0 Å². The highest BCUT2D eigenvalue weighted by atomic mass is 19.1. The van der Waals surface area contributed by atoms with Crippen molar-refractivity contribution in [2.24, 2.45) is 0 Å². The van der Waals surface area contributed by atoms with Gasteiger partial charge in [0.2, 0.25) is 5.91 Å². The molecule has 0 spiro atoms. The molecule has 0 saturated heterocycles. The SMILES string of the molecule is Cc1occc1CN(C)C(=O)Nc1cc2c(cc1F)NC(=O)CC2. The molecule has 24 heavy (non-hydrogen) atoms. The Balaban J connectivity index is 1.72. The summed E-state index contributed by atoms with van der Waals surface area (Å²) in [7, 11) is 1.62. The highest BCUT2D eigenvalue weighted by molar-refractivity contribution is 5.95. The van der Waals surface area contributed by atoms with E-state index >= 15 is 0 Å². The van der Waals surface area contributed by atoms with Gasteiger partial charge in [0, 0.05) is 24.7 Å². The molecule has 2 heterocycles. The van der Waals surface area contributed by atoms with Crippen molar-refractivity contribution in [1.82, 2.24) is 4.90 Å². The summed E-state index contributed by atoms with van der Waals surface area (Å²) in [6, 6.07) is 4.18. The fourth-order valence-electron chi connectivity index (χ4n) is 2.61. The number of aryl methyl sites for hydroxylation is 2. The molecule has 3 amide bonds. The summed E-state index contributed by atoms with van der Waals surface area (Å²) >= 11 is 0. The molecule has 2 N–H and O–H groups in total. The van der Waals surface area contributed by atoms with E-state index in [1.807, 2.05) is 6.92 Å². The number of halogens is 1. The van der Waals surface area contributed by atoms with Crippen LogP contribution in [0, 0.1) is 12.7 Å². The van der Waals surface area contributed by atoms with Crippen LogP contribution in [0.5, 0.6) is 0 Å². The number of rotatable bonds is 3. The van der Waals surface area contributed by atoms with Gasteiger partial charge >= 0.3 is 6.03 Å². The molecule has 1 aromatic heterocycles. The summed E-state index contributed by atoms with van der Waals surface area (Å²) in [5.41, 5.74) is 2.26. The van der Waals surface area contributed by atoms with E-state index < -0.39 is 11.8 Å². The smallest absolute Gasteiger partial charge is 0.321 e. The first kappa shape index (κ1) is 16.0. The third-order valence-electron chi connectivity index (χ3n) is 4.05. The van der Waals surface area contributed by atoms with Crippen LogP contribution in [0.2, 0.25) is 0 Å². The third-order valence-corrected chi connectivity index (χ3v) is 4.05. The van der Waals surface area contributed by atoms with Crippen LogP contribution in [0.25, 0.3) is 0 Å². The molecule has 0 aliphatic carbocycles. The van der Waals surface area contributed by atoms with Gasteiger partial charge < -0.3 is 20.0 Å². The number of nitrogens with zero attached hydrogens (tertiary/aromatic N) is 1. The van der Waals surface area contributed by atoms with Crippen LogP contribution in [0.15, 0.2) is 28.9 Å². The monoisotopic (exact) mass is 331 g/mol. The number of benzene rings is 1. The number of carbonyl (C=O) groups is 2. The van der Waals surface area contributed by atoms with Crippen LogP contribution in [0.4, 0.5) is 20.6 Å². The zero-order chi connectivity index (χ0) is 17.3. The minimum absolute atomic E-state index is 0.102. The predicted molar refractivity (Wildman–Crippen MR) is 87.3 cm³/mol. The highest BCUT2D eigenvalue weighted by Gasteiger charge is 2.19. The maximum absolute atomic E-state index is 14.2. The van der Waals surface area contributed by atoms with Crippen molar-refractivity contribution in [2.75, 3.05) is 17.7 Å². The lowest BCUT2D eigenvalue weighted by molar-refractivity contribution is -0.116. The van der Waals surface area contributed by atoms with E-state index in [1.54, 1.807) is 25.4 Å². The van der Waals surface area contributed by atoms with Crippen molar-refractivity contribution in [2.45, 2.75) is 26.3 Å². The Bertz CT molecular complexity index is 800. The van der Waals surface area contributed by atoms with Gasteiger partial charge in [-0.1, -0.05) is 0 Å². The molecule has 0 radical (unpaired) electrons. The normalized spacial score (nSPS) is 13.2. The molecule has 0 unspecified atom stereocenters. The number of carbonyl (C=O) groups excluding carboxylic acids is 2. The van der Waals surface area contributed by atoms with E-state index in [1.165, 1.54) is 11.0 Å². The molecule has 1 aliphatic heterocycles. The summed E-state index contributed by atoms with van der Waals surface area (Å²) < 4.78 is 19.4. The van der Waals surface area contributed by atoms with Gasteiger partial charge in [-0.05, 0) is 37.1 Å². The van der Waals surface area contributed by atoms with Crippen LogP contribution in [-0.4, -0.2) is 23.9 Å². The lowest BCUT2D eigenvalue weighted by Crippen LogP contribution is -2.31. The molecule has 1 aliphatic rings. The zero-order valence-corrected chi connectivity index (χ0v) is 13.5. The Morgan fingerprint density at radius 3 is 2.92 bits per heavy atom. The molecule has 0 saturated carbocycles. The molecule has 0 fully saturated rings. The van der Waals surface area contributed by atoms with Gasteiger partial charge in [0.25, 0.3) is 0 Å². The number of nitrogens with one attached hydrogen (secondary N) is 2. The molecule has 2 aromatic rings. The summed E-state index contributed by atoms with van der Waals surface area (Å²) in [6.07, 6.45) is 2.44.